The summed E-state index contributed by atoms with van der Waals surface area (Å²) in [5.41, 5.74) is 9.97. The first-order valence-corrected chi connectivity index (χ1v) is 6.87. The van der Waals surface area contributed by atoms with Crippen molar-refractivity contribution in [3.63, 3.8) is 0 Å². The van der Waals surface area contributed by atoms with E-state index in [0.29, 0.717) is 6.42 Å². The molecule has 4 N–H and O–H groups in total. The molecule has 1 aliphatic rings. The van der Waals surface area contributed by atoms with Crippen LogP contribution < -0.4 is 16.4 Å². The summed E-state index contributed by atoms with van der Waals surface area (Å²) in [7, 11) is 0. The van der Waals surface area contributed by atoms with Gasteiger partial charge in [0.05, 0.1) is 11.4 Å². The van der Waals surface area contributed by atoms with Crippen LogP contribution in [-0.2, 0) is 11.2 Å². The minimum atomic E-state index is 0.0807. The van der Waals surface area contributed by atoms with E-state index in [1.54, 1.807) is 0 Å². The Balaban J connectivity index is 2.18. The fourth-order valence-electron chi connectivity index (χ4n) is 2.06. The Hall–Kier alpha value is -1.71. The van der Waals surface area contributed by atoms with Gasteiger partial charge in [0.2, 0.25) is 5.91 Å². The van der Waals surface area contributed by atoms with Crippen molar-refractivity contribution in [1.82, 2.24) is 0 Å². The van der Waals surface area contributed by atoms with Crippen LogP contribution in [0, 0.1) is 5.41 Å². The van der Waals surface area contributed by atoms with E-state index in [9.17, 15) is 4.79 Å². The maximum Gasteiger partial charge on any atom is 0.224 e. The molecule has 4 nitrogen and oxygen atoms in total. The third-order valence-electron chi connectivity index (χ3n) is 3.89. The number of nitrogens with two attached hydrogens (primary N) is 1. The molecule has 2 rings (SSSR count). The highest BCUT2D eigenvalue weighted by molar-refractivity contribution is 5.95. The van der Waals surface area contributed by atoms with Crippen molar-refractivity contribution in [2.45, 2.75) is 40.0 Å². The Morgan fingerprint density at radius 1 is 1.37 bits per heavy atom. The SMILES string of the molecule is CCC(C)(C)CNc1cc2c(cc1N)CCC(=O)N2. The molecule has 0 fully saturated rings. The second kappa shape index (κ2) is 5.11. The Morgan fingerprint density at radius 3 is 2.79 bits per heavy atom. The van der Waals surface area contributed by atoms with Gasteiger partial charge in [-0.15, -0.1) is 0 Å². The van der Waals surface area contributed by atoms with Crippen molar-refractivity contribution >= 4 is 23.0 Å². The maximum absolute atomic E-state index is 11.4. The van der Waals surface area contributed by atoms with Crippen LogP contribution in [0.25, 0.3) is 0 Å². The van der Waals surface area contributed by atoms with Crippen molar-refractivity contribution in [1.29, 1.82) is 0 Å². The van der Waals surface area contributed by atoms with E-state index in [2.05, 4.69) is 31.4 Å². The minimum Gasteiger partial charge on any atom is -0.397 e. The van der Waals surface area contributed by atoms with Crippen LogP contribution in [0.15, 0.2) is 12.1 Å². The molecule has 0 saturated heterocycles. The number of amides is 1. The number of benzene rings is 1. The topological polar surface area (TPSA) is 67.1 Å². The summed E-state index contributed by atoms with van der Waals surface area (Å²) < 4.78 is 0. The Morgan fingerprint density at radius 2 is 2.11 bits per heavy atom. The summed E-state index contributed by atoms with van der Waals surface area (Å²) in [5.74, 6) is 0.0807. The van der Waals surface area contributed by atoms with Gasteiger partial charge in [0.1, 0.15) is 0 Å². The lowest BCUT2D eigenvalue weighted by atomic mass is 9.90. The van der Waals surface area contributed by atoms with Crippen molar-refractivity contribution in [3.05, 3.63) is 17.7 Å². The van der Waals surface area contributed by atoms with Gasteiger partial charge in [0.25, 0.3) is 0 Å². The van der Waals surface area contributed by atoms with Crippen molar-refractivity contribution in [2.75, 3.05) is 22.9 Å². The highest BCUT2D eigenvalue weighted by Gasteiger charge is 2.18. The molecule has 104 valence electrons. The number of aryl methyl sites for hydroxylation is 1. The van der Waals surface area contributed by atoms with E-state index in [1.807, 2.05) is 12.1 Å². The first-order valence-electron chi connectivity index (χ1n) is 6.87. The molecule has 0 saturated carbocycles. The van der Waals surface area contributed by atoms with Crippen molar-refractivity contribution < 1.29 is 4.79 Å². The zero-order valence-electron chi connectivity index (χ0n) is 12.0. The van der Waals surface area contributed by atoms with E-state index in [1.165, 1.54) is 0 Å². The number of fused-ring (bicyclic) bond motifs is 1. The van der Waals surface area contributed by atoms with Gasteiger partial charge in [0, 0.05) is 18.7 Å². The summed E-state index contributed by atoms with van der Waals surface area (Å²) in [6.45, 7) is 7.48. The summed E-state index contributed by atoms with van der Waals surface area (Å²) in [4.78, 5) is 11.4. The number of rotatable bonds is 4. The zero-order chi connectivity index (χ0) is 14.0. The van der Waals surface area contributed by atoms with Gasteiger partial charge in [-0.25, -0.2) is 0 Å². The van der Waals surface area contributed by atoms with Crippen LogP contribution in [0.5, 0.6) is 0 Å². The molecule has 1 heterocycles. The largest absolute Gasteiger partial charge is 0.397 e. The van der Waals surface area contributed by atoms with Gasteiger partial charge in [-0.1, -0.05) is 20.8 Å². The lowest BCUT2D eigenvalue weighted by molar-refractivity contribution is -0.116. The van der Waals surface area contributed by atoms with Gasteiger partial charge < -0.3 is 16.4 Å². The third kappa shape index (κ3) is 3.19. The highest BCUT2D eigenvalue weighted by atomic mass is 16.1. The smallest absolute Gasteiger partial charge is 0.224 e. The predicted octanol–water partition coefficient (Wildman–Crippen LogP) is 3.00. The average Bonchev–Trinajstić information content (AvgIpc) is 2.37. The fourth-order valence-corrected chi connectivity index (χ4v) is 2.06. The van der Waals surface area contributed by atoms with Crippen LogP contribution in [0.2, 0.25) is 0 Å². The molecule has 1 amide bonds. The number of hydrogen-bond donors (Lipinski definition) is 3. The summed E-state index contributed by atoms with van der Waals surface area (Å²) >= 11 is 0. The number of nitrogen functional groups attached to an aromatic ring is 1. The monoisotopic (exact) mass is 261 g/mol. The number of anilines is 3. The number of nitrogens with one attached hydrogen (secondary N) is 2. The molecule has 0 radical (unpaired) electrons. The standard InChI is InChI=1S/C15H23N3O/c1-4-15(2,3)9-17-13-8-12-10(7-11(13)16)5-6-14(19)18-12/h7-8,17H,4-6,9,16H2,1-3H3,(H,18,19). The molecular formula is C15H23N3O. The van der Waals surface area contributed by atoms with Crippen LogP contribution in [0.1, 0.15) is 39.2 Å². The Bertz CT molecular complexity index is 494. The molecule has 19 heavy (non-hydrogen) atoms. The van der Waals surface area contributed by atoms with E-state index in [4.69, 9.17) is 5.73 Å². The molecule has 1 aromatic rings. The van der Waals surface area contributed by atoms with Crippen LogP contribution >= 0.6 is 0 Å². The summed E-state index contributed by atoms with van der Waals surface area (Å²) in [6, 6.07) is 3.92. The molecule has 0 atom stereocenters. The average molecular weight is 261 g/mol. The van der Waals surface area contributed by atoms with Crippen molar-refractivity contribution in [2.24, 2.45) is 5.41 Å². The van der Waals surface area contributed by atoms with Gasteiger partial charge in [-0.05, 0) is 36.0 Å². The number of carbonyl (C=O) groups excluding carboxylic acids is 1. The summed E-state index contributed by atoms with van der Waals surface area (Å²) in [6.07, 6.45) is 2.41. The first kappa shape index (κ1) is 13.7. The molecule has 1 aromatic carbocycles. The molecule has 1 aliphatic heterocycles. The van der Waals surface area contributed by atoms with Gasteiger partial charge in [-0.3, -0.25) is 4.79 Å². The molecule has 0 bridgehead atoms. The quantitative estimate of drug-likeness (QED) is 0.730. The lowest BCUT2D eigenvalue weighted by Crippen LogP contribution is -2.23. The summed E-state index contributed by atoms with van der Waals surface area (Å²) in [5, 5.41) is 6.30. The zero-order valence-corrected chi connectivity index (χ0v) is 12.0. The minimum absolute atomic E-state index is 0.0807. The first-order chi connectivity index (χ1) is 8.91. The molecule has 0 aromatic heterocycles. The van der Waals surface area contributed by atoms with E-state index < -0.39 is 0 Å². The molecule has 4 heteroatoms. The van der Waals surface area contributed by atoms with Crippen molar-refractivity contribution in [3.8, 4) is 0 Å². The number of hydrogen-bond acceptors (Lipinski definition) is 3. The van der Waals surface area contributed by atoms with Crippen LogP contribution in [-0.4, -0.2) is 12.5 Å². The van der Waals surface area contributed by atoms with Gasteiger partial charge in [-0.2, -0.15) is 0 Å². The Labute approximate surface area is 114 Å². The number of carbonyl (C=O) groups is 1. The second-order valence-corrected chi connectivity index (χ2v) is 6.02. The third-order valence-corrected chi connectivity index (χ3v) is 3.89. The molecular weight excluding hydrogens is 238 g/mol. The predicted molar refractivity (Wildman–Crippen MR) is 80.4 cm³/mol. The Kier molecular flexibility index (Phi) is 3.69. The maximum atomic E-state index is 11.4. The molecule has 0 unspecified atom stereocenters. The van der Waals surface area contributed by atoms with E-state index in [-0.39, 0.29) is 11.3 Å². The lowest BCUT2D eigenvalue weighted by Gasteiger charge is -2.25. The fraction of sp³-hybridized carbons (Fsp3) is 0.533. The normalized spacial score (nSPS) is 14.8. The van der Waals surface area contributed by atoms with E-state index in [0.717, 1.165) is 42.0 Å². The molecule has 0 aliphatic carbocycles. The molecule has 0 spiro atoms. The van der Waals surface area contributed by atoms with E-state index >= 15 is 0 Å². The van der Waals surface area contributed by atoms with Crippen LogP contribution in [0.4, 0.5) is 17.1 Å². The van der Waals surface area contributed by atoms with Gasteiger partial charge >= 0.3 is 0 Å². The second-order valence-electron chi connectivity index (χ2n) is 6.02. The van der Waals surface area contributed by atoms with Crippen LogP contribution in [0.3, 0.4) is 0 Å². The highest BCUT2D eigenvalue weighted by Crippen LogP contribution is 2.32. The van der Waals surface area contributed by atoms with Gasteiger partial charge in [0.15, 0.2) is 0 Å².